The molecule has 0 aromatic heterocycles. The van der Waals surface area contributed by atoms with Crippen LogP contribution in [0.4, 0.5) is 0 Å². The molecule has 0 aliphatic heterocycles. The molecule has 0 atom stereocenters. The molecule has 0 bridgehead atoms. The number of hydrogen-bond donors (Lipinski definition) is 1. The topological polar surface area (TPSA) is 46.5 Å². The van der Waals surface area contributed by atoms with Gasteiger partial charge in [-0.05, 0) is 17.7 Å². The van der Waals surface area contributed by atoms with Gasteiger partial charge in [-0.2, -0.15) is 0 Å². The number of carbonyl (C=O) groups excluding carboxylic acids is 1. The van der Waals surface area contributed by atoms with E-state index in [1.54, 1.807) is 18.2 Å². The van der Waals surface area contributed by atoms with E-state index < -0.39 is 5.97 Å². The molecular weight excluding hydrogens is 240 g/mol. The first-order valence-electron chi connectivity index (χ1n) is 5.89. The van der Waals surface area contributed by atoms with E-state index in [1.807, 2.05) is 30.3 Å². The summed E-state index contributed by atoms with van der Waals surface area (Å²) in [5, 5.41) is 9.92. The molecular formula is C16H14O3. The Morgan fingerprint density at radius 3 is 2.58 bits per heavy atom. The van der Waals surface area contributed by atoms with Gasteiger partial charge in [0.05, 0.1) is 0 Å². The highest BCUT2D eigenvalue weighted by Gasteiger charge is 2.11. The number of phenols is 1. The lowest BCUT2D eigenvalue weighted by atomic mass is 10.0. The Hall–Kier alpha value is -2.55. The molecule has 1 N–H and O–H groups in total. The Kier molecular flexibility index (Phi) is 3.98. The molecule has 3 heteroatoms. The zero-order valence-corrected chi connectivity index (χ0v) is 10.4. The highest BCUT2D eigenvalue weighted by molar-refractivity contribution is 5.83. The fourth-order valence-corrected chi connectivity index (χ4v) is 1.78. The Bertz CT molecular complexity index is 588. The second kappa shape index (κ2) is 5.87. The molecule has 96 valence electrons. The third-order valence-corrected chi connectivity index (χ3v) is 2.71. The molecule has 0 aliphatic rings. The van der Waals surface area contributed by atoms with Crippen LogP contribution in [0.2, 0.25) is 0 Å². The monoisotopic (exact) mass is 254 g/mol. The zero-order valence-electron chi connectivity index (χ0n) is 10.4. The van der Waals surface area contributed by atoms with Crippen molar-refractivity contribution in [2.75, 3.05) is 0 Å². The molecule has 0 saturated heterocycles. The summed E-state index contributed by atoms with van der Waals surface area (Å²) in [4.78, 5) is 11.3. The summed E-state index contributed by atoms with van der Waals surface area (Å²) < 4.78 is 5.13. The normalized spacial score (nSPS) is 9.89. The van der Waals surface area contributed by atoms with Crippen molar-refractivity contribution >= 4 is 5.97 Å². The maximum Gasteiger partial charge on any atom is 0.335 e. The number of ether oxygens (including phenoxy) is 1. The zero-order chi connectivity index (χ0) is 13.7. The van der Waals surface area contributed by atoms with Crippen molar-refractivity contribution in [3.8, 4) is 11.5 Å². The Labute approximate surface area is 111 Å². The quantitative estimate of drug-likeness (QED) is 0.518. The Morgan fingerprint density at radius 1 is 1.16 bits per heavy atom. The number of esters is 1. The maximum absolute atomic E-state index is 11.3. The summed E-state index contributed by atoms with van der Waals surface area (Å²) in [6.45, 7) is 3.36. The summed E-state index contributed by atoms with van der Waals surface area (Å²) in [6, 6.07) is 14.5. The molecule has 2 aromatic rings. The minimum atomic E-state index is -0.542. The number of hydrogen-bond acceptors (Lipinski definition) is 3. The smallest absolute Gasteiger partial charge is 0.335 e. The van der Waals surface area contributed by atoms with Gasteiger partial charge in [-0.3, -0.25) is 0 Å². The molecule has 19 heavy (non-hydrogen) atoms. The van der Waals surface area contributed by atoms with Gasteiger partial charge >= 0.3 is 5.97 Å². The molecule has 0 saturated carbocycles. The summed E-state index contributed by atoms with van der Waals surface area (Å²) in [5.74, 6) is -0.0770. The third-order valence-electron chi connectivity index (χ3n) is 2.71. The van der Waals surface area contributed by atoms with Crippen molar-refractivity contribution in [3.63, 3.8) is 0 Å². The van der Waals surface area contributed by atoms with E-state index in [4.69, 9.17) is 4.74 Å². The second-order valence-electron chi connectivity index (χ2n) is 4.04. The summed E-state index contributed by atoms with van der Waals surface area (Å²) in [6.07, 6.45) is 1.59. The lowest BCUT2D eigenvalue weighted by molar-refractivity contribution is -0.129. The lowest BCUT2D eigenvalue weighted by Gasteiger charge is -2.10. The van der Waals surface area contributed by atoms with Crippen LogP contribution in [0.3, 0.4) is 0 Å². The predicted molar refractivity (Wildman–Crippen MR) is 73.2 cm³/mol. The summed E-state index contributed by atoms with van der Waals surface area (Å²) >= 11 is 0. The van der Waals surface area contributed by atoms with Gasteiger partial charge in [0.1, 0.15) is 11.5 Å². The van der Waals surface area contributed by atoms with Gasteiger partial charge in [0.15, 0.2) is 0 Å². The van der Waals surface area contributed by atoms with E-state index >= 15 is 0 Å². The Morgan fingerprint density at radius 2 is 1.89 bits per heavy atom. The molecule has 0 heterocycles. The van der Waals surface area contributed by atoms with Crippen LogP contribution >= 0.6 is 0 Å². The minimum absolute atomic E-state index is 0.109. The molecule has 0 aliphatic carbocycles. The van der Waals surface area contributed by atoms with Crippen molar-refractivity contribution in [2.24, 2.45) is 0 Å². The SMILES string of the molecule is C=CC(=O)Oc1cccc(O)c1Cc1ccccc1. The lowest BCUT2D eigenvalue weighted by Crippen LogP contribution is -2.05. The molecule has 0 fully saturated rings. The van der Waals surface area contributed by atoms with Gasteiger partial charge in [-0.25, -0.2) is 4.79 Å². The molecule has 2 rings (SSSR count). The van der Waals surface area contributed by atoms with Crippen molar-refractivity contribution in [1.29, 1.82) is 0 Å². The highest BCUT2D eigenvalue weighted by Crippen LogP contribution is 2.30. The first-order valence-corrected chi connectivity index (χ1v) is 5.89. The van der Waals surface area contributed by atoms with E-state index in [9.17, 15) is 9.90 Å². The standard InChI is InChI=1S/C16H14O3/c1-2-16(18)19-15-10-6-9-14(17)13(15)11-12-7-4-3-5-8-12/h2-10,17H,1,11H2. The predicted octanol–water partition coefficient (Wildman–Crippen LogP) is 3.07. The van der Waals surface area contributed by atoms with Gasteiger partial charge in [-0.15, -0.1) is 0 Å². The number of rotatable bonds is 4. The first-order chi connectivity index (χ1) is 9.20. The summed E-state index contributed by atoms with van der Waals surface area (Å²) in [7, 11) is 0. The second-order valence-corrected chi connectivity index (χ2v) is 4.04. The van der Waals surface area contributed by atoms with Crippen LogP contribution in [-0.2, 0) is 11.2 Å². The summed E-state index contributed by atoms with van der Waals surface area (Å²) in [5.41, 5.74) is 1.61. The van der Waals surface area contributed by atoms with E-state index in [2.05, 4.69) is 6.58 Å². The van der Waals surface area contributed by atoms with Gasteiger partial charge in [0.25, 0.3) is 0 Å². The molecule has 2 aromatic carbocycles. The van der Waals surface area contributed by atoms with Crippen LogP contribution in [0.25, 0.3) is 0 Å². The molecule has 3 nitrogen and oxygen atoms in total. The number of carbonyl (C=O) groups is 1. The molecule has 0 amide bonds. The minimum Gasteiger partial charge on any atom is -0.508 e. The van der Waals surface area contributed by atoms with Crippen molar-refractivity contribution in [1.82, 2.24) is 0 Å². The maximum atomic E-state index is 11.3. The average molecular weight is 254 g/mol. The van der Waals surface area contributed by atoms with Crippen molar-refractivity contribution < 1.29 is 14.6 Å². The molecule has 0 radical (unpaired) electrons. The molecule has 0 spiro atoms. The third kappa shape index (κ3) is 3.22. The van der Waals surface area contributed by atoms with Gasteiger partial charge in [0.2, 0.25) is 0 Å². The van der Waals surface area contributed by atoms with Crippen LogP contribution in [-0.4, -0.2) is 11.1 Å². The van der Waals surface area contributed by atoms with Crippen LogP contribution in [0.5, 0.6) is 11.5 Å². The van der Waals surface area contributed by atoms with Gasteiger partial charge in [0, 0.05) is 18.1 Å². The first kappa shape index (κ1) is 12.9. The van der Waals surface area contributed by atoms with Gasteiger partial charge < -0.3 is 9.84 Å². The average Bonchev–Trinajstić information content (AvgIpc) is 2.43. The van der Waals surface area contributed by atoms with Crippen LogP contribution < -0.4 is 4.74 Å². The number of aromatic hydroxyl groups is 1. The largest absolute Gasteiger partial charge is 0.508 e. The van der Waals surface area contributed by atoms with Crippen LogP contribution in [0.1, 0.15) is 11.1 Å². The van der Waals surface area contributed by atoms with E-state index in [-0.39, 0.29) is 5.75 Å². The number of benzene rings is 2. The van der Waals surface area contributed by atoms with Crippen molar-refractivity contribution in [2.45, 2.75) is 6.42 Å². The fraction of sp³-hybridized carbons (Fsp3) is 0.0625. The van der Waals surface area contributed by atoms with Crippen molar-refractivity contribution in [3.05, 3.63) is 72.3 Å². The van der Waals surface area contributed by atoms with E-state index in [0.717, 1.165) is 11.6 Å². The fourth-order valence-electron chi connectivity index (χ4n) is 1.78. The van der Waals surface area contributed by atoms with E-state index in [1.165, 1.54) is 0 Å². The van der Waals surface area contributed by atoms with Crippen LogP contribution in [0.15, 0.2) is 61.2 Å². The Balaban J connectivity index is 2.32. The highest BCUT2D eigenvalue weighted by atomic mass is 16.5. The van der Waals surface area contributed by atoms with Crippen LogP contribution in [0, 0.1) is 0 Å². The number of phenolic OH excluding ortho intramolecular Hbond substituents is 1. The van der Waals surface area contributed by atoms with Gasteiger partial charge in [-0.1, -0.05) is 43.0 Å². The van der Waals surface area contributed by atoms with E-state index in [0.29, 0.717) is 17.7 Å². The molecule has 0 unspecified atom stereocenters.